The van der Waals surface area contributed by atoms with E-state index in [0.717, 1.165) is 28.4 Å². The number of rotatable bonds is 5. The van der Waals surface area contributed by atoms with Crippen LogP contribution < -0.4 is 5.32 Å². The summed E-state index contributed by atoms with van der Waals surface area (Å²) in [6.07, 6.45) is 0. The molecule has 1 amide bonds. The van der Waals surface area contributed by atoms with Gasteiger partial charge in [-0.25, -0.2) is 0 Å². The lowest BCUT2D eigenvalue weighted by atomic mass is 10.0. The Kier molecular flexibility index (Phi) is 4.92. The Labute approximate surface area is 142 Å². The molecule has 3 aromatic rings. The standard InChI is InChI=1S/C21H22N2O/c1-23(2)15-18-10-4-3-9-17(18)14-22-21(24)20-13-7-11-16-8-5-6-12-19(16)20/h3-13H,14-15H2,1-2H3,(H,22,24). The number of fused-ring (bicyclic) bond motifs is 1. The van der Waals surface area contributed by atoms with E-state index in [2.05, 4.69) is 22.3 Å². The first kappa shape index (κ1) is 16.2. The Morgan fingerprint density at radius 2 is 1.54 bits per heavy atom. The summed E-state index contributed by atoms with van der Waals surface area (Å²) in [5, 5.41) is 5.13. The van der Waals surface area contributed by atoms with Crippen LogP contribution in [0.25, 0.3) is 10.8 Å². The Balaban J connectivity index is 1.79. The highest BCUT2D eigenvalue weighted by molar-refractivity contribution is 6.06. The number of carbonyl (C=O) groups excluding carboxylic acids is 1. The molecule has 1 N–H and O–H groups in total. The van der Waals surface area contributed by atoms with Crippen molar-refractivity contribution in [2.75, 3.05) is 14.1 Å². The summed E-state index contributed by atoms with van der Waals surface area (Å²) in [4.78, 5) is 14.8. The summed E-state index contributed by atoms with van der Waals surface area (Å²) in [6.45, 7) is 1.40. The number of nitrogens with one attached hydrogen (secondary N) is 1. The molecule has 0 aliphatic carbocycles. The Hall–Kier alpha value is -2.65. The number of hydrogen-bond donors (Lipinski definition) is 1. The number of benzene rings is 3. The second-order valence-electron chi connectivity index (χ2n) is 6.22. The summed E-state index contributed by atoms with van der Waals surface area (Å²) < 4.78 is 0. The van der Waals surface area contributed by atoms with E-state index in [0.29, 0.717) is 6.54 Å². The lowest BCUT2D eigenvalue weighted by Crippen LogP contribution is -2.24. The van der Waals surface area contributed by atoms with Crippen LogP contribution in [-0.4, -0.2) is 24.9 Å². The third-order valence-electron chi connectivity index (χ3n) is 4.08. The molecule has 0 atom stereocenters. The Morgan fingerprint density at radius 3 is 2.33 bits per heavy atom. The van der Waals surface area contributed by atoms with Crippen molar-refractivity contribution in [3.8, 4) is 0 Å². The second kappa shape index (κ2) is 7.28. The average Bonchev–Trinajstić information content (AvgIpc) is 2.60. The van der Waals surface area contributed by atoms with E-state index in [-0.39, 0.29) is 5.91 Å². The van der Waals surface area contributed by atoms with Crippen molar-refractivity contribution < 1.29 is 4.79 Å². The van der Waals surface area contributed by atoms with Crippen LogP contribution in [0.2, 0.25) is 0 Å². The van der Waals surface area contributed by atoms with E-state index >= 15 is 0 Å². The minimum Gasteiger partial charge on any atom is -0.348 e. The largest absolute Gasteiger partial charge is 0.348 e. The van der Waals surface area contributed by atoms with Gasteiger partial charge in [0.25, 0.3) is 5.91 Å². The predicted molar refractivity (Wildman–Crippen MR) is 99.0 cm³/mol. The van der Waals surface area contributed by atoms with E-state index in [1.807, 2.05) is 68.7 Å². The molecule has 0 bridgehead atoms. The maximum Gasteiger partial charge on any atom is 0.252 e. The zero-order valence-electron chi connectivity index (χ0n) is 14.1. The van der Waals surface area contributed by atoms with Crippen molar-refractivity contribution >= 4 is 16.7 Å². The first-order chi connectivity index (χ1) is 11.6. The Morgan fingerprint density at radius 1 is 0.875 bits per heavy atom. The van der Waals surface area contributed by atoms with Gasteiger partial charge >= 0.3 is 0 Å². The monoisotopic (exact) mass is 318 g/mol. The highest BCUT2D eigenvalue weighted by Crippen LogP contribution is 2.18. The molecule has 0 radical (unpaired) electrons. The molecule has 0 spiro atoms. The second-order valence-corrected chi connectivity index (χ2v) is 6.22. The van der Waals surface area contributed by atoms with Gasteiger partial charge in [-0.2, -0.15) is 0 Å². The van der Waals surface area contributed by atoms with E-state index in [4.69, 9.17) is 0 Å². The van der Waals surface area contributed by atoms with Crippen molar-refractivity contribution in [2.24, 2.45) is 0 Å². The van der Waals surface area contributed by atoms with Gasteiger partial charge in [0, 0.05) is 18.7 Å². The zero-order chi connectivity index (χ0) is 16.9. The van der Waals surface area contributed by atoms with Crippen LogP contribution in [0.4, 0.5) is 0 Å². The summed E-state index contributed by atoms with van der Waals surface area (Å²) in [5.74, 6) is -0.0357. The molecule has 0 aliphatic rings. The predicted octanol–water partition coefficient (Wildman–Crippen LogP) is 3.83. The van der Waals surface area contributed by atoms with Gasteiger partial charge in [-0.05, 0) is 42.1 Å². The van der Waals surface area contributed by atoms with Gasteiger partial charge in [0.1, 0.15) is 0 Å². The maximum atomic E-state index is 12.6. The molecule has 24 heavy (non-hydrogen) atoms. The van der Waals surface area contributed by atoms with Crippen molar-refractivity contribution in [3.63, 3.8) is 0 Å². The lowest BCUT2D eigenvalue weighted by Gasteiger charge is -2.15. The van der Waals surface area contributed by atoms with Crippen LogP contribution in [0.15, 0.2) is 66.7 Å². The highest BCUT2D eigenvalue weighted by atomic mass is 16.1. The topological polar surface area (TPSA) is 32.3 Å². The number of nitrogens with zero attached hydrogens (tertiary/aromatic N) is 1. The van der Waals surface area contributed by atoms with Crippen molar-refractivity contribution in [1.29, 1.82) is 0 Å². The molecular weight excluding hydrogens is 296 g/mol. The Bertz CT molecular complexity index is 850. The van der Waals surface area contributed by atoms with Crippen LogP contribution in [0.3, 0.4) is 0 Å². The van der Waals surface area contributed by atoms with E-state index in [1.54, 1.807) is 0 Å². The minimum absolute atomic E-state index is 0.0357. The molecule has 3 aromatic carbocycles. The molecular formula is C21H22N2O. The van der Waals surface area contributed by atoms with Gasteiger partial charge in [0.05, 0.1) is 0 Å². The van der Waals surface area contributed by atoms with Gasteiger partial charge < -0.3 is 10.2 Å². The van der Waals surface area contributed by atoms with E-state index in [1.165, 1.54) is 5.56 Å². The van der Waals surface area contributed by atoms with Gasteiger partial charge in [-0.15, -0.1) is 0 Å². The summed E-state index contributed by atoms with van der Waals surface area (Å²) in [5.41, 5.74) is 3.11. The molecule has 0 saturated carbocycles. The molecule has 0 aromatic heterocycles. The molecule has 0 aliphatic heterocycles. The van der Waals surface area contributed by atoms with Crippen molar-refractivity contribution in [2.45, 2.75) is 13.1 Å². The molecule has 0 heterocycles. The van der Waals surface area contributed by atoms with Crippen LogP contribution >= 0.6 is 0 Å². The highest BCUT2D eigenvalue weighted by Gasteiger charge is 2.10. The molecule has 3 rings (SSSR count). The van der Waals surface area contributed by atoms with Crippen molar-refractivity contribution in [3.05, 3.63) is 83.4 Å². The summed E-state index contributed by atoms with van der Waals surface area (Å²) in [7, 11) is 4.09. The van der Waals surface area contributed by atoms with Crippen LogP contribution in [0.1, 0.15) is 21.5 Å². The maximum absolute atomic E-state index is 12.6. The lowest BCUT2D eigenvalue weighted by molar-refractivity contribution is 0.0952. The first-order valence-corrected chi connectivity index (χ1v) is 8.12. The number of amides is 1. The average molecular weight is 318 g/mol. The molecule has 122 valence electrons. The fourth-order valence-corrected chi connectivity index (χ4v) is 2.92. The number of carbonyl (C=O) groups is 1. The quantitative estimate of drug-likeness (QED) is 0.775. The molecule has 3 heteroatoms. The molecule has 0 saturated heterocycles. The first-order valence-electron chi connectivity index (χ1n) is 8.12. The van der Waals surface area contributed by atoms with Crippen LogP contribution in [0.5, 0.6) is 0 Å². The van der Waals surface area contributed by atoms with Gasteiger partial charge in [-0.1, -0.05) is 60.7 Å². The van der Waals surface area contributed by atoms with E-state index in [9.17, 15) is 4.79 Å². The summed E-state index contributed by atoms with van der Waals surface area (Å²) in [6, 6.07) is 22.0. The smallest absolute Gasteiger partial charge is 0.252 e. The zero-order valence-corrected chi connectivity index (χ0v) is 14.1. The fraction of sp³-hybridized carbons (Fsp3) is 0.190. The normalized spacial score (nSPS) is 11.0. The van der Waals surface area contributed by atoms with Crippen LogP contribution in [0, 0.1) is 0 Å². The molecule has 3 nitrogen and oxygen atoms in total. The SMILES string of the molecule is CN(C)Cc1ccccc1CNC(=O)c1cccc2ccccc12. The minimum atomic E-state index is -0.0357. The molecule has 0 fully saturated rings. The third kappa shape index (κ3) is 3.63. The van der Waals surface area contributed by atoms with Crippen molar-refractivity contribution in [1.82, 2.24) is 10.2 Å². The summed E-state index contributed by atoms with van der Waals surface area (Å²) >= 11 is 0. The van der Waals surface area contributed by atoms with Crippen LogP contribution in [-0.2, 0) is 13.1 Å². The third-order valence-corrected chi connectivity index (χ3v) is 4.08. The van der Waals surface area contributed by atoms with Gasteiger partial charge in [0.15, 0.2) is 0 Å². The van der Waals surface area contributed by atoms with E-state index < -0.39 is 0 Å². The fourth-order valence-electron chi connectivity index (χ4n) is 2.92. The van der Waals surface area contributed by atoms with Gasteiger partial charge in [0.2, 0.25) is 0 Å². The number of hydrogen-bond acceptors (Lipinski definition) is 2. The van der Waals surface area contributed by atoms with Gasteiger partial charge in [-0.3, -0.25) is 4.79 Å². The molecule has 0 unspecified atom stereocenters.